The zero-order valence-corrected chi connectivity index (χ0v) is 17.8. The van der Waals surface area contributed by atoms with E-state index < -0.39 is 7.60 Å². The molecule has 0 spiro atoms. The average molecular weight is 383 g/mol. The third-order valence-electron chi connectivity index (χ3n) is 5.00. The van der Waals surface area contributed by atoms with Gasteiger partial charge >= 0.3 is 7.60 Å². The zero-order valence-electron chi connectivity index (χ0n) is 16.9. The van der Waals surface area contributed by atoms with Gasteiger partial charge in [0.25, 0.3) is 0 Å². The van der Waals surface area contributed by atoms with Crippen LogP contribution in [0.5, 0.6) is 0 Å². The summed E-state index contributed by atoms with van der Waals surface area (Å²) in [5.74, 6) is 0.391. The summed E-state index contributed by atoms with van der Waals surface area (Å²) in [7, 11) is -3.70. The Morgan fingerprint density at radius 2 is 1.35 bits per heavy atom. The van der Waals surface area contributed by atoms with Gasteiger partial charge in [0.1, 0.15) is 0 Å². The molecule has 4 heteroatoms. The van der Waals surface area contributed by atoms with E-state index in [-0.39, 0.29) is 0 Å². The van der Waals surface area contributed by atoms with Gasteiger partial charge in [-0.15, -0.1) is 0 Å². The molecule has 26 heavy (non-hydrogen) atoms. The van der Waals surface area contributed by atoms with Crippen LogP contribution >= 0.6 is 7.60 Å². The lowest BCUT2D eigenvalue weighted by Crippen LogP contribution is -2.13. The largest absolute Gasteiger partial charge is 0.358 e. The molecule has 0 amide bonds. The quantitative estimate of drug-likeness (QED) is 0.251. The van der Waals surface area contributed by atoms with Crippen molar-refractivity contribution in [1.29, 1.82) is 0 Å². The number of rotatable bonds is 16. The van der Waals surface area contributed by atoms with E-state index in [1.165, 1.54) is 64.2 Å². The fourth-order valence-electron chi connectivity index (χ4n) is 3.28. The Hall–Kier alpha value is -0.630. The summed E-state index contributed by atoms with van der Waals surface area (Å²) >= 11 is 0. The first-order valence-corrected chi connectivity index (χ1v) is 12.2. The fraction of sp³-hybridized carbons (Fsp3) is 0.727. The minimum atomic E-state index is -3.70. The summed E-state index contributed by atoms with van der Waals surface area (Å²) < 4.78 is 18.0. The summed E-state index contributed by atoms with van der Waals surface area (Å²) in [6.07, 6.45) is 14.9. The van der Waals surface area contributed by atoms with Gasteiger partial charge in [0.05, 0.1) is 11.9 Å². The molecule has 0 fully saturated rings. The monoisotopic (exact) mass is 382 g/mol. The van der Waals surface area contributed by atoms with Gasteiger partial charge in [0.15, 0.2) is 0 Å². The van der Waals surface area contributed by atoms with Crippen LogP contribution in [0.1, 0.15) is 90.9 Å². The van der Waals surface area contributed by atoms with Gasteiger partial charge in [-0.25, -0.2) is 0 Å². The van der Waals surface area contributed by atoms with Gasteiger partial charge in [0, 0.05) is 0 Å². The summed E-state index contributed by atoms with van der Waals surface area (Å²) in [5.41, 5.74) is 0. The summed E-state index contributed by atoms with van der Waals surface area (Å²) in [6, 6.07) is 8.74. The highest BCUT2D eigenvalue weighted by molar-refractivity contribution is 7.61. The maximum absolute atomic E-state index is 12.5. The van der Waals surface area contributed by atoms with Crippen molar-refractivity contribution < 1.29 is 14.0 Å². The number of unbranched alkanes of at least 4 members (excludes halogenated alkanes) is 8. The van der Waals surface area contributed by atoms with Crippen molar-refractivity contribution in [2.75, 3.05) is 6.61 Å². The molecular formula is C22H39O3P. The van der Waals surface area contributed by atoms with E-state index in [0.29, 0.717) is 17.8 Å². The normalized spacial score (nSPS) is 14.9. The van der Waals surface area contributed by atoms with E-state index in [4.69, 9.17) is 4.52 Å². The minimum Gasteiger partial charge on any atom is -0.321 e. The predicted molar refractivity (Wildman–Crippen MR) is 112 cm³/mol. The molecule has 1 aromatic rings. The molecule has 0 radical (unpaired) electrons. The molecule has 0 saturated carbocycles. The van der Waals surface area contributed by atoms with Crippen molar-refractivity contribution >= 4 is 12.9 Å². The Bertz CT molecular complexity index is 489. The minimum absolute atomic E-state index is 0.391. The van der Waals surface area contributed by atoms with Crippen molar-refractivity contribution in [3.63, 3.8) is 0 Å². The summed E-state index contributed by atoms with van der Waals surface area (Å²) in [5, 5.41) is 0.393. The van der Waals surface area contributed by atoms with Crippen LogP contribution in [0.2, 0.25) is 0 Å². The highest BCUT2D eigenvalue weighted by Crippen LogP contribution is 2.41. The van der Waals surface area contributed by atoms with Gasteiger partial charge in [-0.2, -0.15) is 0 Å². The van der Waals surface area contributed by atoms with E-state index in [0.717, 1.165) is 12.8 Å². The predicted octanol–water partition coefficient (Wildman–Crippen LogP) is 6.85. The van der Waals surface area contributed by atoms with E-state index >= 15 is 0 Å². The lowest BCUT2D eigenvalue weighted by molar-refractivity contribution is 0.203. The molecule has 0 aromatic heterocycles. The van der Waals surface area contributed by atoms with Crippen molar-refractivity contribution in [3.8, 4) is 0 Å². The summed E-state index contributed by atoms with van der Waals surface area (Å²) in [4.78, 5) is 10.2. The lowest BCUT2D eigenvalue weighted by atomic mass is 9.95. The van der Waals surface area contributed by atoms with Crippen LogP contribution in [0.25, 0.3) is 0 Å². The van der Waals surface area contributed by atoms with Gasteiger partial charge < -0.3 is 9.42 Å². The Morgan fingerprint density at radius 3 is 1.92 bits per heavy atom. The van der Waals surface area contributed by atoms with E-state index in [9.17, 15) is 9.46 Å². The van der Waals surface area contributed by atoms with Crippen molar-refractivity contribution in [2.45, 2.75) is 90.9 Å². The first kappa shape index (κ1) is 23.4. The van der Waals surface area contributed by atoms with Crippen molar-refractivity contribution in [3.05, 3.63) is 30.3 Å². The first-order valence-electron chi connectivity index (χ1n) is 10.6. The van der Waals surface area contributed by atoms with E-state index in [2.05, 4.69) is 13.8 Å². The molecule has 1 rings (SSSR count). The van der Waals surface area contributed by atoms with Gasteiger partial charge in [0.2, 0.25) is 0 Å². The molecule has 0 aliphatic heterocycles. The number of benzene rings is 1. The van der Waals surface area contributed by atoms with Gasteiger partial charge in [-0.1, -0.05) is 96.3 Å². The average Bonchev–Trinajstić information content (AvgIpc) is 2.66. The zero-order chi connectivity index (χ0) is 19.1. The second-order valence-electron chi connectivity index (χ2n) is 7.42. The number of hydrogen-bond acceptors (Lipinski definition) is 2. The molecule has 0 aliphatic carbocycles. The lowest BCUT2D eigenvalue weighted by Gasteiger charge is -2.19. The molecular weight excluding hydrogens is 343 g/mol. The maximum Gasteiger partial charge on any atom is 0.358 e. The third-order valence-corrected chi connectivity index (χ3v) is 6.45. The van der Waals surface area contributed by atoms with Gasteiger partial charge in [-0.05, 0) is 30.9 Å². The Labute approximate surface area is 161 Å². The number of hydrogen-bond donors (Lipinski definition) is 1. The van der Waals surface area contributed by atoms with Crippen LogP contribution in [-0.2, 0) is 9.09 Å². The third kappa shape index (κ3) is 10.5. The van der Waals surface area contributed by atoms with Crippen LogP contribution in [0, 0.1) is 5.92 Å². The molecule has 0 saturated heterocycles. The van der Waals surface area contributed by atoms with E-state index in [1.807, 2.05) is 6.07 Å². The Balaban J connectivity index is 2.43. The molecule has 1 N–H and O–H groups in total. The van der Waals surface area contributed by atoms with Crippen molar-refractivity contribution in [2.24, 2.45) is 5.92 Å². The van der Waals surface area contributed by atoms with Crippen LogP contribution in [-0.4, -0.2) is 11.5 Å². The van der Waals surface area contributed by atoms with Gasteiger partial charge in [-0.3, -0.25) is 4.57 Å². The van der Waals surface area contributed by atoms with Crippen molar-refractivity contribution in [1.82, 2.24) is 0 Å². The second kappa shape index (κ2) is 14.4. The topological polar surface area (TPSA) is 46.5 Å². The van der Waals surface area contributed by atoms with E-state index in [1.54, 1.807) is 24.3 Å². The molecule has 3 nitrogen and oxygen atoms in total. The van der Waals surface area contributed by atoms with Crippen LogP contribution in [0.4, 0.5) is 0 Å². The highest BCUT2D eigenvalue weighted by Gasteiger charge is 2.24. The molecule has 1 aromatic carbocycles. The maximum atomic E-state index is 12.5. The molecule has 2 unspecified atom stereocenters. The fourth-order valence-corrected chi connectivity index (χ4v) is 4.39. The Kier molecular flexibility index (Phi) is 13.0. The van der Waals surface area contributed by atoms with Crippen LogP contribution < -0.4 is 5.30 Å². The second-order valence-corrected chi connectivity index (χ2v) is 9.24. The highest BCUT2D eigenvalue weighted by atomic mass is 31.2. The SMILES string of the molecule is CCCCCCCCC(CCCCCC)COP(=O)(O)c1ccccc1. The summed E-state index contributed by atoms with van der Waals surface area (Å²) in [6.45, 7) is 4.85. The standard InChI is InChI=1S/C22H39O3P/c1-3-5-7-9-10-13-17-21(16-12-8-6-4-2)20-25-26(23,24)22-18-14-11-15-19-22/h11,14-15,18-19,21H,3-10,12-13,16-17,20H2,1-2H3,(H,23,24). The molecule has 150 valence electrons. The molecule has 2 atom stereocenters. The molecule has 0 bridgehead atoms. The first-order chi connectivity index (χ1) is 12.6. The Morgan fingerprint density at radius 1 is 0.846 bits per heavy atom. The smallest absolute Gasteiger partial charge is 0.321 e. The molecule has 0 heterocycles. The molecule has 0 aliphatic rings. The van der Waals surface area contributed by atoms with Crippen LogP contribution in [0.3, 0.4) is 0 Å². The van der Waals surface area contributed by atoms with Crippen LogP contribution in [0.15, 0.2) is 30.3 Å².